The lowest BCUT2D eigenvalue weighted by atomic mass is 9.93. The van der Waals surface area contributed by atoms with E-state index < -0.39 is 11.6 Å². The van der Waals surface area contributed by atoms with E-state index in [1.807, 2.05) is 24.3 Å². The summed E-state index contributed by atoms with van der Waals surface area (Å²) in [7, 11) is 0. The quantitative estimate of drug-likeness (QED) is 0.728. The highest BCUT2D eigenvalue weighted by molar-refractivity contribution is 6.14. The summed E-state index contributed by atoms with van der Waals surface area (Å²) in [5, 5.41) is 0. The molecular formula is C15H11F2N. The van der Waals surface area contributed by atoms with E-state index in [4.69, 9.17) is 0 Å². The first-order chi connectivity index (χ1) is 8.75. The van der Waals surface area contributed by atoms with E-state index in [2.05, 4.69) is 4.99 Å². The number of fused-ring (bicyclic) bond motifs is 1. The fraction of sp³-hybridized carbons (Fsp3) is 0.133. The number of nitrogens with zero attached hydrogens (tertiary/aromatic N) is 1. The molecule has 0 amide bonds. The molecule has 18 heavy (non-hydrogen) atoms. The molecule has 0 fully saturated rings. The summed E-state index contributed by atoms with van der Waals surface area (Å²) < 4.78 is 26.2. The lowest BCUT2D eigenvalue weighted by Crippen LogP contribution is -2.14. The number of benzene rings is 2. The molecule has 0 bridgehead atoms. The summed E-state index contributed by atoms with van der Waals surface area (Å²) in [6, 6.07) is 11.8. The third kappa shape index (κ3) is 1.82. The summed E-state index contributed by atoms with van der Waals surface area (Å²) in [6.07, 6.45) is 0.892. The fourth-order valence-corrected chi connectivity index (χ4v) is 2.23. The Morgan fingerprint density at radius 3 is 2.61 bits per heavy atom. The van der Waals surface area contributed by atoms with Crippen molar-refractivity contribution in [1.29, 1.82) is 0 Å². The average Bonchev–Trinajstić information content (AvgIpc) is 2.41. The molecule has 0 aromatic heterocycles. The maximum Gasteiger partial charge on any atom is 0.159 e. The Morgan fingerprint density at radius 1 is 0.944 bits per heavy atom. The summed E-state index contributed by atoms with van der Waals surface area (Å²) >= 11 is 0. The van der Waals surface area contributed by atoms with Crippen molar-refractivity contribution < 1.29 is 8.78 Å². The van der Waals surface area contributed by atoms with E-state index in [0.717, 1.165) is 23.8 Å². The van der Waals surface area contributed by atoms with Gasteiger partial charge in [0.25, 0.3) is 0 Å². The van der Waals surface area contributed by atoms with Crippen LogP contribution >= 0.6 is 0 Å². The van der Waals surface area contributed by atoms with Gasteiger partial charge in [-0.3, -0.25) is 4.99 Å². The molecule has 0 aliphatic carbocycles. The van der Waals surface area contributed by atoms with Gasteiger partial charge in [-0.2, -0.15) is 0 Å². The molecule has 0 spiro atoms. The third-order valence-electron chi connectivity index (χ3n) is 3.12. The molecular weight excluding hydrogens is 232 g/mol. The highest BCUT2D eigenvalue weighted by Crippen LogP contribution is 2.21. The molecule has 1 aliphatic rings. The van der Waals surface area contributed by atoms with Gasteiger partial charge in [0, 0.05) is 17.7 Å². The number of hydrogen-bond donors (Lipinski definition) is 0. The van der Waals surface area contributed by atoms with Gasteiger partial charge in [-0.1, -0.05) is 24.3 Å². The van der Waals surface area contributed by atoms with E-state index in [0.29, 0.717) is 12.1 Å². The molecule has 3 heteroatoms. The predicted octanol–water partition coefficient (Wildman–Crippen LogP) is 3.36. The second-order valence-electron chi connectivity index (χ2n) is 4.27. The summed E-state index contributed by atoms with van der Waals surface area (Å²) in [5.74, 6) is -1.67. The van der Waals surface area contributed by atoms with Crippen molar-refractivity contribution >= 4 is 5.71 Å². The number of halogens is 2. The summed E-state index contributed by atoms with van der Waals surface area (Å²) in [4.78, 5) is 4.44. The van der Waals surface area contributed by atoms with Gasteiger partial charge < -0.3 is 0 Å². The Hall–Kier alpha value is -2.03. The van der Waals surface area contributed by atoms with Crippen LogP contribution in [-0.2, 0) is 6.42 Å². The molecule has 0 saturated heterocycles. The Kier molecular flexibility index (Phi) is 2.67. The zero-order valence-corrected chi connectivity index (χ0v) is 9.66. The molecule has 90 valence electrons. The normalized spacial score (nSPS) is 14.0. The molecule has 0 radical (unpaired) electrons. The molecule has 0 atom stereocenters. The van der Waals surface area contributed by atoms with Crippen molar-refractivity contribution in [3.63, 3.8) is 0 Å². The van der Waals surface area contributed by atoms with E-state index in [9.17, 15) is 8.78 Å². The molecule has 1 nitrogen and oxygen atoms in total. The Bertz CT molecular complexity index is 632. The van der Waals surface area contributed by atoms with Crippen LogP contribution in [0.2, 0.25) is 0 Å². The second-order valence-corrected chi connectivity index (χ2v) is 4.27. The Balaban J connectivity index is 2.12. The highest BCUT2D eigenvalue weighted by Gasteiger charge is 2.16. The third-order valence-corrected chi connectivity index (χ3v) is 3.12. The van der Waals surface area contributed by atoms with Crippen LogP contribution in [0.4, 0.5) is 8.78 Å². The van der Waals surface area contributed by atoms with E-state index in [1.165, 1.54) is 11.6 Å². The first-order valence-electron chi connectivity index (χ1n) is 5.84. The SMILES string of the molecule is Fc1ccc(C2=NCCc3ccccc32)cc1F. The zero-order valence-electron chi connectivity index (χ0n) is 9.66. The van der Waals surface area contributed by atoms with Crippen LogP contribution in [0.5, 0.6) is 0 Å². The first kappa shape index (κ1) is 11.1. The topological polar surface area (TPSA) is 12.4 Å². The lowest BCUT2D eigenvalue weighted by molar-refractivity contribution is 0.508. The van der Waals surface area contributed by atoms with Crippen LogP contribution in [0.15, 0.2) is 47.5 Å². The predicted molar refractivity (Wildman–Crippen MR) is 67.0 cm³/mol. The first-order valence-corrected chi connectivity index (χ1v) is 5.84. The van der Waals surface area contributed by atoms with Crippen molar-refractivity contribution in [2.75, 3.05) is 6.54 Å². The standard InChI is InChI=1S/C15H11F2N/c16-13-6-5-11(9-14(13)17)15-12-4-2-1-3-10(12)7-8-18-15/h1-6,9H,7-8H2. The minimum absolute atomic E-state index is 0.626. The van der Waals surface area contributed by atoms with Crippen LogP contribution in [-0.4, -0.2) is 12.3 Å². The number of aliphatic imine (C=N–C) groups is 1. The monoisotopic (exact) mass is 243 g/mol. The van der Waals surface area contributed by atoms with Gasteiger partial charge in [-0.05, 0) is 30.2 Å². The van der Waals surface area contributed by atoms with Crippen molar-refractivity contribution in [1.82, 2.24) is 0 Å². The van der Waals surface area contributed by atoms with E-state index in [-0.39, 0.29) is 0 Å². The van der Waals surface area contributed by atoms with Gasteiger partial charge in [0.1, 0.15) is 0 Å². The van der Waals surface area contributed by atoms with E-state index >= 15 is 0 Å². The smallest absolute Gasteiger partial charge is 0.159 e. The zero-order chi connectivity index (χ0) is 12.5. The van der Waals surface area contributed by atoms with Crippen molar-refractivity contribution in [2.24, 2.45) is 4.99 Å². The molecule has 0 saturated carbocycles. The Labute approximate surface area is 104 Å². The van der Waals surface area contributed by atoms with E-state index in [1.54, 1.807) is 6.07 Å². The molecule has 2 aromatic carbocycles. The summed E-state index contributed by atoms with van der Waals surface area (Å²) in [6.45, 7) is 0.686. The number of hydrogen-bond acceptors (Lipinski definition) is 1. The van der Waals surface area contributed by atoms with Crippen molar-refractivity contribution in [2.45, 2.75) is 6.42 Å². The molecule has 2 aromatic rings. The fourth-order valence-electron chi connectivity index (χ4n) is 2.23. The highest BCUT2D eigenvalue weighted by atomic mass is 19.2. The van der Waals surface area contributed by atoms with Gasteiger partial charge in [0.15, 0.2) is 11.6 Å². The van der Waals surface area contributed by atoms with Crippen LogP contribution in [0.1, 0.15) is 16.7 Å². The lowest BCUT2D eigenvalue weighted by Gasteiger charge is -2.17. The van der Waals surface area contributed by atoms with Crippen molar-refractivity contribution in [3.8, 4) is 0 Å². The van der Waals surface area contributed by atoms with Crippen LogP contribution in [0.25, 0.3) is 0 Å². The van der Waals surface area contributed by atoms with Crippen molar-refractivity contribution in [3.05, 3.63) is 70.8 Å². The van der Waals surface area contributed by atoms with Crippen LogP contribution in [0, 0.1) is 11.6 Å². The largest absolute Gasteiger partial charge is 0.284 e. The minimum atomic E-state index is -0.835. The van der Waals surface area contributed by atoms with Gasteiger partial charge >= 0.3 is 0 Å². The second kappa shape index (κ2) is 4.33. The molecule has 0 unspecified atom stereocenters. The minimum Gasteiger partial charge on any atom is -0.284 e. The maximum atomic E-state index is 13.3. The molecule has 1 aliphatic heterocycles. The Morgan fingerprint density at radius 2 is 1.78 bits per heavy atom. The number of rotatable bonds is 1. The molecule has 0 N–H and O–H groups in total. The van der Waals surface area contributed by atoms with Crippen LogP contribution < -0.4 is 0 Å². The summed E-state index contributed by atoms with van der Waals surface area (Å²) in [5.41, 5.74) is 3.58. The maximum absolute atomic E-state index is 13.3. The molecule has 1 heterocycles. The van der Waals surface area contributed by atoms with Gasteiger partial charge in [0.2, 0.25) is 0 Å². The molecule has 3 rings (SSSR count). The van der Waals surface area contributed by atoms with Gasteiger partial charge in [0.05, 0.1) is 5.71 Å². The van der Waals surface area contributed by atoms with Crippen LogP contribution in [0.3, 0.4) is 0 Å². The van der Waals surface area contributed by atoms with Gasteiger partial charge in [-0.15, -0.1) is 0 Å². The van der Waals surface area contributed by atoms with Gasteiger partial charge in [-0.25, -0.2) is 8.78 Å². The average molecular weight is 243 g/mol.